The number of carbonyl (C=O) groups is 2. The molecule has 1 aromatic rings. The first kappa shape index (κ1) is 13.2. The molecule has 2 N–H and O–H groups in total. The Morgan fingerprint density at radius 2 is 1.43 bits per heavy atom. The first-order valence-corrected chi connectivity index (χ1v) is 4.78. The monoisotopic (exact) mass is 206 g/mol. The summed E-state index contributed by atoms with van der Waals surface area (Å²) >= 11 is 0. The van der Waals surface area contributed by atoms with Gasteiger partial charge in [-0.3, -0.25) is 0 Å². The fourth-order valence-electron chi connectivity index (χ4n) is 0.880. The number of benzene rings is 1. The Balaban J connectivity index is 0.00000169. The van der Waals surface area contributed by atoms with E-state index in [0.29, 0.717) is 5.30 Å². The van der Waals surface area contributed by atoms with Crippen molar-refractivity contribution in [2.45, 2.75) is 0 Å². The molecule has 0 saturated heterocycles. The Labute approximate surface area is 93.9 Å². The van der Waals surface area contributed by atoms with Gasteiger partial charge in [0.05, 0.1) is 0 Å². The van der Waals surface area contributed by atoms with Gasteiger partial charge in [0.2, 0.25) is 0 Å². The second-order valence-electron chi connectivity index (χ2n) is 2.24. The van der Waals surface area contributed by atoms with Crippen LogP contribution < -0.4 is 5.30 Å². The van der Waals surface area contributed by atoms with Crippen LogP contribution in [0.2, 0.25) is 0 Å². The third kappa shape index (κ3) is 3.15. The molecule has 0 fully saturated rings. The van der Waals surface area contributed by atoms with Gasteiger partial charge in [0.25, 0.3) is 0 Å². The zero-order valence-electron chi connectivity index (χ0n) is 6.54. The van der Waals surface area contributed by atoms with Gasteiger partial charge in [-0.25, -0.2) is 9.59 Å². The predicted octanol–water partition coefficient (Wildman–Crippen LogP) is 1.50. The van der Waals surface area contributed by atoms with Crippen molar-refractivity contribution in [3.8, 4) is 0 Å². The Kier molecular flexibility index (Phi) is 5.48. The second-order valence-corrected chi connectivity index (χ2v) is 4.19. The topological polar surface area (TPSA) is 74.6 Å². The van der Waals surface area contributed by atoms with Gasteiger partial charge in [-0.05, 0) is 5.30 Å². The Bertz CT molecular complexity index is 313. The molecule has 1 aromatic carbocycles. The molecule has 0 aliphatic heterocycles. The van der Waals surface area contributed by atoms with Gasteiger partial charge in [-0.1, -0.05) is 30.3 Å². The van der Waals surface area contributed by atoms with Crippen molar-refractivity contribution in [2.24, 2.45) is 0 Å². The molecule has 4 nitrogen and oxygen atoms in total. The van der Waals surface area contributed by atoms with Gasteiger partial charge in [0.1, 0.15) is 0 Å². The standard InChI is InChI=1S/C8H7O4P.Li.H/c9-7(10)13(8(11)12)6-4-2-1-3-5-6;;/h1-5H,(H,9,10)(H,11,12);;. The molecule has 6 heteroatoms. The van der Waals surface area contributed by atoms with E-state index in [2.05, 4.69) is 0 Å². The van der Waals surface area contributed by atoms with Crippen LogP contribution in [-0.4, -0.2) is 40.5 Å². The molecule has 0 unspecified atom stereocenters. The molecule has 0 aliphatic carbocycles. The quantitative estimate of drug-likeness (QED) is 0.580. The Hall–Kier alpha value is -0.813. The van der Waals surface area contributed by atoms with Crippen LogP contribution in [0.25, 0.3) is 0 Å². The molecule has 0 heterocycles. The summed E-state index contributed by atoms with van der Waals surface area (Å²) in [5, 5.41) is 17.6. The van der Waals surface area contributed by atoms with Crippen molar-refractivity contribution in [3.63, 3.8) is 0 Å². The van der Waals surface area contributed by atoms with Crippen molar-refractivity contribution in [1.82, 2.24) is 0 Å². The minimum absolute atomic E-state index is 0. The van der Waals surface area contributed by atoms with Crippen LogP contribution in [0.15, 0.2) is 30.3 Å². The molecule has 0 spiro atoms. The maximum absolute atomic E-state index is 10.6. The molecule has 0 radical (unpaired) electrons. The van der Waals surface area contributed by atoms with E-state index in [9.17, 15) is 9.59 Å². The fourth-order valence-corrected chi connectivity index (χ4v) is 1.96. The van der Waals surface area contributed by atoms with Gasteiger partial charge in [0.15, 0.2) is 7.92 Å². The molecule has 0 amide bonds. The zero-order valence-corrected chi connectivity index (χ0v) is 7.44. The van der Waals surface area contributed by atoms with Crippen LogP contribution >= 0.6 is 7.92 Å². The van der Waals surface area contributed by atoms with Crippen LogP contribution in [0.1, 0.15) is 0 Å². The molecular weight excluding hydrogens is 198 g/mol. The Morgan fingerprint density at radius 1 is 1.00 bits per heavy atom. The van der Waals surface area contributed by atoms with Crippen molar-refractivity contribution in [2.75, 3.05) is 0 Å². The van der Waals surface area contributed by atoms with Gasteiger partial charge in [-0.2, -0.15) is 0 Å². The molecule has 14 heavy (non-hydrogen) atoms. The zero-order chi connectivity index (χ0) is 9.84. The predicted molar refractivity (Wildman–Crippen MR) is 56.2 cm³/mol. The molecule has 70 valence electrons. The van der Waals surface area contributed by atoms with Crippen molar-refractivity contribution in [3.05, 3.63) is 30.3 Å². The number of rotatable bonds is 3. The van der Waals surface area contributed by atoms with Crippen LogP contribution in [-0.2, 0) is 0 Å². The van der Waals surface area contributed by atoms with E-state index in [1.165, 1.54) is 12.1 Å². The summed E-state index contributed by atoms with van der Waals surface area (Å²) in [7, 11) is -2.14. The summed E-state index contributed by atoms with van der Waals surface area (Å²) in [6.45, 7) is 0. The average molecular weight is 206 g/mol. The van der Waals surface area contributed by atoms with Gasteiger partial charge >= 0.3 is 30.3 Å². The number of carboxylic acid groups (broad SMARTS) is 2. The van der Waals surface area contributed by atoms with E-state index in [4.69, 9.17) is 10.2 Å². The van der Waals surface area contributed by atoms with Crippen LogP contribution in [0, 0.1) is 0 Å². The van der Waals surface area contributed by atoms with Crippen molar-refractivity contribution >= 4 is 43.5 Å². The van der Waals surface area contributed by atoms with E-state index in [-0.39, 0.29) is 18.9 Å². The summed E-state index contributed by atoms with van der Waals surface area (Å²) in [4.78, 5) is 21.2. The van der Waals surface area contributed by atoms with Crippen LogP contribution in [0.4, 0.5) is 9.59 Å². The molecule has 0 aromatic heterocycles. The van der Waals surface area contributed by atoms with E-state index in [1.54, 1.807) is 18.2 Å². The van der Waals surface area contributed by atoms with E-state index < -0.39 is 19.3 Å². The van der Waals surface area contributed by atoms with Gasteiger partial charge < -0.3 is 10.2 Å². The summed E-state index contributed by atoms with van der Waals surface area (Å²) in [6.07, 6.45) is 0. The van der Waals surface area contributed by atoms with Crippen molar-refractivity contribution in [1.29, 1.82) is 0 Å². The summed E-state index contributed by atoms with van der Waals surface area (Å²) < 4.78 is 0. The van der Waals surface area contributed by atoms with Crippen LogP contribution in [0.3, 0.4) is 0 Å². The van der Waals surface area contributed by atoms with E-state index >= 15 is 0 Å². The summed E-state index contributed by atoms with van der Waals surface area (Å²) in [6, 6.07) is 7.97. The molecule has 0 saturated carbocycles. The third-order valence-electron chi connectivity index (χ3n) is 1.40. The molecule has 1 rings (SSSR count). The van der Waals surface area contributed by atoms with E-state index in [1.807, 2.05) is 0 Å². The molecular formula is C8H8LiO4P. The van der Waals surface area contributed by atoms with Crippen molar-refractivity contribution < 1.29 is 19.8 Å². The molecule has 0 aliphatic rings. The first-order valence-electron chi connectivity index (χ1n) is 3.44. The minimum atomic E-state index is -2.14. The number of hydrogen-bond donors (Lipinski definition) is 2. The van der Waals surface area contributed by atoms with Crippen LogP contribution in [0.5, 0.6) is 0 Å². The normalized spacial score (nSPS) is 9.21. The van der Waals surface area contributed by atoms with E-state index in [0.717, 1.165) is 0 Å². The fraction of sp³-hybridized carbons (Fsp3) is 0. The van der Waals surface area contributed by atoms with Gasteiger partial charge in [-0.15, -0.1) is 0 Å². The SMILES string of the molecule is O=C(O)P(C(=O)O)c1ccccc1.[LiH]. The molecule has 0 atom stereocenters. The average Bonchev–Trinajstić information content (AvgIpc) is 2.04. The third-order valence-corrected chi connectivity index (χ3v) is 2.98. The van der Waals surface area contributed by atoms with Gasteiger partial charge in [0, 0.05) is 0 Å². The number of hydrogen-bond acceptors (Lipinski definition) is 2. The summed E-state index contributed by atoms with van der Waals surface area (Å²) in [5.74, 6) is 0. The summed E-state index contributed by atoms with van der Waals surface area (Å²) in [5.41, 5.74) is -2.57. The second kappa shape index (κ2) is 5.82. The maximum atomic E-state index is 10.6. The molecule has 0 bridgehead atoms. The Morgan fingerprint density at radius 3 is 1.79 bits per heavy atom. The first-order chi connectivity index (χ1) is 6.13.